The second-order valence-corrected chi connectivity index (χ2v) is 14.0. The van der Waals surface area contributed by atoms with E-state index in [-0.39, 0.29) is 33.5 Å². The maximum atomic E-state index is 16.6. The van der Waals surface area contributed by atoms with Gasteiger partial charge in [0.2, 0.25) is 0 Å². The van der Waals surface area contributed by atoms with E-state index < -0.39 is 52.7 Å². The van der Waals surface area contributed by atoms with Gasteiger partial charge in [0.25, 0.3) is 0 Å². The van der Waals surface area contributed by atoms with E-state index >= 15 is 26.3 Å². The summed E-state index contributed by atoms with van der Waals surface area (Å²) in [6, 6.07) is 31.6. The summed E-state index contributed by atoms with van der Waals surface area (Å²) in [5.41, 5.74) is -1.47. The van der Waals surface area contributed by atoms with Gasteiger partial charge in [0, 0.05) is 38.8 Å². The molecule has 0 spiro atoms. The molecular weight excluding hydrogens is 831 g/mol. The third kappa shape index (κ3) is 6.48. The molecule has 0 radical (unpaired) electrons. The normalized spacial score (nSPS) is 13.9. The Balaban J connectivity index is 1.53. The Kier molecular flexibility index (Phi) is 9.59. The highest BCUT2D eigenvalue weighted by molar-refractivity contribution is 5.97. The maximum Gasteiger partial charge on any atom is 0.460 e. The van der Waals surface area contributed by atoms with Gasteiger partial charge < -0.3 is 9.97 Å². The van der Waals surface area contributed by atoms with Gasteiger partial charge in [-0.2, -0.15) is 57.1 Å². The molecule has 8 rings (SSSR count). The Morgan fingerprint density at radius 2 is 0.820 bits per heavy atom. The average molecular weight is 857 g/mol. The summed E-state index contributed by atoms with van der Waals surface area (Å²) in [7, 11) is 0. The van der Waals surface area contributed by atoms with Crippen molar-refractivity contribution in [1.29, 1.82) is 0 Å². The summed E-state index contributed by atoms with van der Waals surface area (Å²) in [5.74, 6) is -38.4. The van der Waals surface area contributed by atoms with Crippen molar-refractivity contribution in [2.45, 2.75) is 35.8 Å². The fraction of sp³-hybridized carbons (Fsp3) is 0.136. The van der Waals surface area contributed by atoms with Crippen molar-refractivity contribution in [1.82, 2.24) is 19.9 Å². The van der Waals surface area contributed by atoms with E-state index in [4.69, 9.17) is 0 Å². The fourth-order valence-electron chi connectivity index (χ4n) is 7.13. The predicted octanol–water partition coefficient (Wildman–Crippen LogP) is 13.9. The first-order valence-corrected chi connectivity index (χ1v) is 18.0. The standard InChI is InChI=1S/C44H25F13N4/c45-39(46,40(47,48)41(49,50)42(51,52)43(53,54)44(55,56)57)38-32-20-18-30(59-32)36(25-12-6-2-7-13-25)29-17-16-27(58-29)22-34-28(24-10-4-1-5-11-24)23-35(61-34)37(26-14-8-3-9-15-26)31-19-21-33(38)60-31/h1-23,58,61H. The largest absolute Gasteiger partial charge is 0.460 e. The highest BCUT2D eigenvalue weighted by Crippen LogP contribution is 2.62. The summed E-state index contributed by atoms with van der Waals surface area (Å²) in [4.78, 5) is 14.7. The van der Waals surface area contributed by atoms with E-state index in [1.807, 2.05) is 0 Å². The lowest BCUT2D eigenvalue weighted by atomic mass is 9.89. The topological polar surface area (TPSA) is 57.4 Å². The molecule has 5 heterocycles. The lowest BCUT2D eigenvalue weighted by Crippen LogP contribution is -2.69. The van der Waals surface area contributed by atoms with Gasteiger partial charge in [-0.3, -0.25) is 0 Å². The molecule has 0 amide bonds. The summed E-state index contributed by atoms with van der Waals surface area (Å²) in [5, 5.41) is 0. The molecule has 8 bridgehead atoms. The number of H-pyrrole nitrogens is 2. The lowest BCUT2D eigenvalue weighted by Gasteiger charge is -2.40. The van der Waals surface area contributed by atoms with Crippen LogP contribution in [-0.4, -0.2) is 49.8 Å². The predicted molar refractivity (Wildman–Crippen MR) is 205 cm³/mol. The minimum Gasteiger partial charge on any atom is -0.355 e. The number of nitrogens with zero attached hydrogens (tertiary/aromatic N) is 2. The van der Waals surface area contributed by atoms with Crippen molar-refractivity contribution in [3.63, 3.8) is 0 Å². The number of halogens is 13. The monoisotopic (exact) mass is 856 g/mol. The first-order chi connectivity index (χ1) is 28.7. The molecule has 4 nitrogen and oxygen atoms in total. The Bertz CT molecular complexity index is 2880. The number of rotatable bonds is 8. The van der Waals surface area contributed by atoms with E-state index in [0.717, 1.165) is 12.2 Å². The van der Waals surface area contributed by atoms with Gasteiger partial charge in [-0.15, -0.1) is 0 Å². The van der Waals surface area contributed by atoms with Gasteiger partial charge in [0.05, 0.1) is 28.3 Å². The molecule has 0 atom stereocenters. The van der Waals surface area contributed by atoms with Crippen LogP contribution >= 0.6 is 0 Å². The summed E-state index contributed by atoms with van der Waals surface area (Å²) < 4.78 is 191. The summed E-state index contributed by atoms with van der Waals surface area (Å²) >= 11 is 0. The van der Waals surface area contributed by atoms with Crippen LogP contribution in [0.3, 0.4) is 0 Å². The Hall–Kier alpha value is -6.65. The molecule has 0 saturated carbocycles. The zero-order valence-corrected chi connectivity index (χ0v) is 30.6. The highest BCUT2D eigenvalue weighted by atomic mass is 19.4. The smallest absolute Gasteiger partial charge is 0.355 e. The summed E-state index contributed by atoms with van der Waals surface area (Å²) in [6.45, 7) is 0. The van der Waals surface area contributed by atoms with E-state index in [0.29, 0.717) is 45.4 Å². The van der Waals surface area contributed by atoms with Gasteiger partial charge in [-0.1, -0.05) is 91.0 Å². The van der Waals surface area contributed by atoms with Crippen molar-refractivity contribution < 1.29 is 57.1 Å². The van der Waals surface area contributed by atoms with Crippen LogP contribution < -0.4 is 0 Å². The molecule has 2 aliphatic heterocycles. The number of alkyl halides is 13. The second-order valence-electron chi connectivity index (χ2n) is 14.0. The Morgan fingerprint density at radius 1 is 0.377 bits per heavy atom. The molecule has 61 heavy (non-hydrogen) atoms. The highest BCUT2D eigenvalue weighted by Gasteiger charge is 2.91. The molecule has 0 fully saturated rings. The van der Waals surface area contributed by atoms with Crippen LogP contribution in [-0.2, 0) is 5.92 Å². The van der Waals surface area contributed by atoms with E-state index in [2.05, 4.69) is 19.9 Å². The maximum absolute atomic E-state index is 16.6. The molecule has 2 N–H and O–H groups in total. The zero-order valence-electron chi connectivity index (χ0n) is 30.6. The van der Waals surface area contributed by atoms with Crippen molar-refractivity contribution in [2.75, 3.05) is 0 Å². The van der Waals surface area contributed by atoms with Gasteiger partial charge >= 0.3 is 35.8 Å². The van der Waals surface area contributed by atoms with Gasteiger partial charge in [-0.05, 0) is 65.3 Å². The number of aromatic nitrogens is 4. The molecule has 0 aliphatic carbocycles. The minimum absolute atomic E-state index is 0.134. The van der Waals surface area contributed by atoms with Gasteiger partial charge in [-0.25, -0.2) is 9.97 Å². The van der Waals surface area contributed by atoms with E-state index in [9.17, 15) is 30.7 Å². The summed E-state index contributed by atoms with van der Waals surface area (Å²) in [6.07, 6.45) is -4.19. The molecule has 0 unspecified atom stereocenters. The number of fused-ring (bicyclic) bond motifs is 8. The molecule has 0 saturated heterocycles. The quantitative estimate of drug-likeness (QED) is 0.150. The van der Waals surface area contributed by atoms with Gasteiger partial charge in [0.1, 0.15) is 0 Å². The van der Waals surface area contributed by atoms with Crippen LogP contribution in [0.4, 0.5) is 57.1 Å². The zero-order chi connectivity index (χ0) is 43.8. The van der Waals surface area contributed by atoms with Crippen LogP contribution in [0.2, 0.25) is 0 Å². The van der Waals surface area contributed by atoms with Gasteiger partial charge in [0.15, 0.2) is 0 Å². The fourth-order valence-corrected chi connectivity index (χ4v) is 7.13. The molecule has 3 aromatic heterocycles. The van der Waals surface area contributed by atoms with Crippen LogP contribution in [0.1, 0.15) is 28.3 Å². The van der Waals surface area contributed by atoms with E-state index in [1.165, 1.54) is 0 Å². The number of nitrogens with one attached hydrogen (secondary N) is 2. The van der Waals surface area contributed by atoms with Crippen molar-refractivity contribution in [3.8, 4) is 33.4 Å². The van der Waals surface area contributed by atoms with Crippen molar-refractivity contribution in [2.24, 2.45) is 0 Å². The average Bonchev–Trinajstić information content (AvgIpc) is 4.05. The minimum atomic E-state index is -8.11. The van der Waals surface area contributed by atoms with E-state index in [1.54, 1.807) is 115 Å². The van der Waals surface area contributed by atoms with Crippen LogP contribution in [0.25, 0.3) is 79.8 Å². The number of hydrogen-bond donors (Lipinski definition) is 2. The van der Waals surface area contributed by atoms with Crippen LogP contribution in [0.5, 0.6) is 0 Å². The number of aromatic amines is 2. The number of hydrogen-bond acceptors (Lipinski definition) is 2. The lowest BCUT2D eigenvalue weighted by molar-refractivity contribution is -0.441. The third-order valence-electron chi connectivity index (χ3n) is 10.2. The second kappa shape index (κ2) is 14.2. The molecule has 6 aromatic rings. The molecule has 3 aromatic carbocycles. The molecule has 2 aliphatic rings. The molecule has 312 valence electrons. The Morgan fingerprint density at radius 3 is 1.31 bits per heavy atom. The first-order valence-electron chi connectivity index (χ1n) is 18.0. The molecule has 17 heteroatoms. The third-order valence-corrected chi connectivity index (χ3v) is 10.2. The SMILES string of the molecule is FC(F)(F)C(F)(F)C(F)(F)C(F)(F)C(F)(F)C(F)(F)c1c2nc(c(-c3ccccc3)c3ccc(cc4[nH]c(cc4-c4ccccc4)c(-c4ccccc4)c4nc1C=C4)[nH]3)C=C2. The van der Waals surface area contributed by atoms with Crippen molar-refractivity contribution >= 4 is 46.4 Å². The van der Waals surface area contributed by atoms with Crippen LogP contribution in [0.15, 0.2) is 115 Å². The Labute approximate surface area is 335 Å². The number of benzene rings is 3. The molecular formula is C44H25F13N4. The first kappa shape index (κ1) is 41.1. The van der Waals surface area contributed by atoms with Crippen LogP contribution in [0, 0.1) is 0 Å². The van der Waals surface area contributed by atoms with Crippen molar-refractivity contribution in [3.05, 3.63) is 144 Å².